The van der Waals surface area contributed by atoms with E-state index in [2.05, 4.69) is 10.6 Å². The van der Waals surface area contributed by atoms with Crippen LogP contribution in [0.5, 0.6) is 0 Å². The average Bonchev–Trinajstić information content (AvgIpc) is 3.39. The van der Waals surface area contributed by atoms with Crippen LogP contribution in [0.25, 0.3) is 0 Å². The molecule has 5 heteroatoms. The second-order valence-electron chi connectivity index (χ2n) is 6.22. The van der Waals surface area contributed by atoms with Gasteiger partial charge in [-0.05, 0) is 55.3 Å². The molecule has 0 spiro atoms. The molecule has 0 aromatic heterocycles. The Bertz CT molecular complexity index is 749. The Morgan fingerprint density at radius 1 is 0.958 bits per heavy atom. The van der Waals surface area contributed by atoms with E-state index >= 15 is 0 Å². The average molecular weight is 323 g/mol. The molecule has 1 aliphatic carbocycles. The van der Waals surface area contributed by atoms with E-state index in [1.54, 1.807) is 36.4 Å². The predicted molar refractivity (Wildman–Crippen MR) is 95.7 cm³/mol. The van der Waals surface area contributed by atoms with Gasteiger partial charge in [-0.1, -0.05) is 6.07 Å². The fourth-order valence-electron chi connectivity index (χ4n) is 2.35. The van der Waals surface area contributed by atoms with Crippen molar-refractivity contribution in [3.63, 3.8) is 0 Å². The first-order valence-electron chi connectivity index (χ1n) is 8.02. The van der Waals surface area contributed by atoms with Crippen molar-refractivity contribution in [2.24, 2.45) is 0 Å². The highest BCUT2D eigenvalue weighted by molar-refractivity contribution is 6.05. The molecule has 2 aromatic carbocycles. The molecule has 0 radical (unpaired) electrons. The smallest absolute Gasteiger partial charge is 0.255 e. The first kappa shape index (κ1) is 16.1. The third-order valence-corrected chi connectivity index (χ3v) is 3.94. The lowest BCUT2D eigenvalue weighted by Crippen LogP contribution is -2.25. The van der Waals surface area contributed by atoms with Crippen molar-refractivity contribution < 1.29 is 9.59 Å². The lowest BCUT2D eigenvalue weighted by Gasteiger charge is -2.13. The van der Waals surface area contributed by atoms with Crippen molar-refractivity contribution in [3.8, 4) is 0 Å². The van der Waals surface area contributed by atoms with Crippen LogP contribution in [0, 0.1) is 0 Å². The van der Waals surface area contributed by atoms with Crippen molar-refractivity contribution in [2.75, 3.05) is 24.3 Å². The number of carbonyl (C=O) groups is 2. The highest BCUT2D eigenvalue weighted by Crippen LogP contribution is 2.20. The monoisotopic (exact) mass is 323 g/mol. The summed E-state index contributed by atoms with van der Waals surface area (Å²) in [5.74, 6) is -0.288. The Hall–Kier alpha value is -2.82. The fraction of sp³-hybridized carbons (Fsp3) is 0.263. The Morgan fingerprint density at radius 3 is 2.29 bits per heavy atom. The van der Waals surface area contributed by atoms with Crippen molar-refractivity contribution in [1.29, 1.82) is 0 Å². The number of nitrogens with one attached hydrogen (secondary N) is 2. The molecule has 1 saturated carbocycles. The second-order valence-corrected chi connectivity index (χ2v) is 6.22. The van der Waals surface area contributed by atoms with Crippen LogP contribution in [0.4, 0.5) is 11.4 Å². The number of benzene rings is 2. The summed E-state index contributed by atoms with van der Waals surface area (Å²) in [6.07, 6.45) is 2.09. The Morgan fingerprint density at radius 2 is 1.67 bits per heavy atom. The summed E-state index contributed by atoms with van der Waals surface area (Å²) in [7, 11) is 3.90. The van der Waals surface area contributed by atoms with Gasteiger partial charge < -0.3 is 15.5 Å². The number of nitrogens with zero attached hydrogens (tertiary/aromatic N) is 1. The molecule has 0 unspecified atom stereocenters. The maximum atomic E-state index is 12.3. The molecular formula is C19H21N3O2. The summed E-state index contributed by atoms with van der Waals surface area (Å²) < 4.78 is 0. The van der Waals surface area contributed by atoms with Crippen LogP contribution in [0.15, 0.2) is 48.5 Å². The van der Waals surface area contributed by atoms with E-state index in [4.69, 9.17) is 0 Å². The molecule has 3 rings (SSSR count). The van der Waals surface area contributed by atoms with Gasteiger partial charge in [0.15, 0.2) is 0 Å². The van der Waals surface area contributed by atoms with Gasteiger partial charge in [0.25, 0.3) is 11.8 Å². The molecule has 0 aliphatic heterocycles. The van der Waals surface area contributed by atoms with Gasteiger partial charge in [0.1, 0.15) is 0 Å². The van der Waals surface area contributed by atoms with E-state index in [1.165, 1.54) is 0 Å². The lowest BCUT2D eigenvalue weighted by molar-refractivity contribution is 0.0949. The van der Waals surface area contributed by atoms with Gasteiger partial charge in [-0.2, -0.15) is 0 Å². The molecule has 1 aliphatic rings. The number of hydrogen-bond donors (Lipinski definition) is 2. The molecule has 2 N–H and O–H groups in total. The molecule has 0 saturated heterocycles. The topological polar surface area (TPSA) is 61.4 Å². The minimum atomic E-state index is -0.194. The van der Waals surface area contributed by atoms with Crippen molar-refractivity contribution in [2.45, 2.75) is 18.9 Å². The van der Waals surface area contributed by atoms with Crippen molar-refractivity contribution in [3.05, 3.63) is 59.7 Å². The van der Waals surface area contributed by atoms with E-state index in [0.29, 0.717) is 22.9 Å². The summed E-state index contributed by atoms with van der Waals surface area (Å²) in [5, 5.41) is 5.78. The van der Waals surface area contributed by atoms with Crippen LogP contribution in [-0.2, 0) is 0 Å². The maximum Gasteiger partial charge on any atom is 0.255 e. The molecule has 2 aromatic rings. The standard InChI is InChI=1S/C19H21N3O2/c1-22(2)17-10-6-13(7-11-17)18(23)21-16-5-3-4-14(12-16)19(24)20-15-8-9-15/h3-7,10-12,15H,8-9H2,1-2H3,(H,20,24)(H,21,23). The highest BCUT2D eigenvalue weighted by Gasteiger charge is 2.23. The Labute approximate surface area is 141 Å². The quantitative estimate of drug-likeness (QED) is 0.889. The van der Waals surface area contributed by atoms with Gasteiger partial charge in [-0.3, -0.25) is 9.59 Å². The van der Waals surface area contributed by atoms with Crippen LogP contribution >= 0.6 is 0 Å². The van der Waals surface area contributed by atoms with Crippen LogP contribution in [0.1, 0.15) is 33.6 Å². The fourth-order valence-corrected chi connectivity index (χ4v) is 2.35. The van der Waals surface area contributed by atoms with Crippen LogP contribution < -0.4 is 15.5 Å². The summed E-state index contributed by atoms with van der Waals surface area (Å²) in [6.45, 7) is 0. The Balaban J connectivity index is 1.68. The molecule has 124 valence electrons. The first-order chi connectivity index (χ1) is 11.5. The first-order valence-corrected chi connectivity index (χ1v) is 8.02. The number of carbonyl (C=O) groups excluding carboxylic acids is 2. The third-order valence-electron chi connectivity index (χ3n) is 3.94. The molecule has 1 fully saturated rings. The number of amides is 2. The van der Waals surface area contributed by atoms with E-state index < -0.39 is 0 Å². The summed E-state index contributed by atoms with van der Waals surface area (Å²) in [6, 6.07) is 14.7. The molecule has 0 heterocycles. The zero-order chi connectivity index (χ0) is 17.1. The molecule has 0 bridgehead atoms. The normalized spacial score (nSPS) is 13.2. The van der Waals surface area contributed by atoms with Gasteiger partial charge in [-0.15, -0.1) is 0 Å². The molecule has 2 amide bonds. The summed E-state index contributed by atoms with van der Waals surface area (Å²) >= 11 is 0. The Kier molecular flexibility index (Phi) is 4.51. The summed E-state index contributed by atoms with van der Waals surface area (Å²) in [4.78, 5) is 26.4. The highest BCUT2D eigenvalue weighted by atomic mass is 16.2. The van der Waals surface area contributed by atoms with Crippen LogP contribution in [0.2, 0.25) is 0 Å². The van der Waals surface area contributed by atoms with E-state index in [-0.39, 0.29) is 11.8 Å². The van der Waals surface area contributed by atoms with E-state index in [9.17, 15) is 9.59 Å². The summed E-state index contributed by atoms with van der Waals surface area (Å²) in [5.41, 5.74) is 2.78. The molecular weight excluding hydrogens is 302 g/mol. The molecule has 0 atom stereocenters. The zero-order valence-corrected chi connectivity index (χ0v) is 13.9. The molecule has 5 nitrogen and oxygen atoms in total. The van der Waals surface area contributed by atoms with Gasteiger partial charge in [-0.25, -0.2) is 0 Å². The number of rotatable bonds is 5. The predicted octanol–water partition coefficient (Wildman–Crippen LogP) is 2.90. The maximum absolute atomic E-state index is 12.3. The number of anilines is 2. The zero-order valence-electron chi connectivity index (χ0n) is 13.9. The van der Waals surface area contributed by atoms with Gasteiger partial charge in [0, 0.05) is 42.6 Å². The second kappa shape index (κ2) is 6.74. The van der Waals surface area contributed by atoms with Gasteiger partial charge >= 0.3 is 0 Å². The lowest BCUT2D eigenvalue weighted by atomic mass is 10.1. The SMILES string of the molecule is CN(C)c1ccc(C(=O)Nc2cccc(C(=O)NC3CC3)c2)cc1. The third kappa shape index (κ3) is 3.93. The van der Waals surface area contributed by atoms with Gasteiger partial charge in [0.05, 0.1) is 0 Å². The van der Waals surface area contributed by atoms with Gasteiger partial charge in [0.2, 0.25) is 0 Å². The number of hydrogen-bond acceptors (Lipinski definition) is 3. The minimum absolute atomic E-state index is 0.0936. The minimum Gasteiger partial charge on any atom is -0.378 e. The van der Waals surface area contributed by atoms with Crippen molar-refractivity contribution >= 4 is 23.2 Å². The van der Waals surface area contributed by atoms with E-state index in [1.807, 2.05) is 31.1 Å². The van der Waals surface area contributed by atoms with E-state index in [0.717, 1.165) is 18.5 Å². The largest absolute Gasteiger partial charge is 0.378 e. The molecule has 24 heavy (non-hydrogen) atoms. The van der Waals surface area contributed by atoms with Crippen LogP contribution in [-0.4, -0.2) is 32.0 Å². The van der Waals surface area contributed by atoms with Crippen LogP contribution in [0.3, 0.4) is 0 Å². The van der Waals surface area contributed by atoms with Crippen molar-refractivity contribution in [1.82, 2.24) is 5.32 Å².